The van der Waals surface area contributed by atoms with E-state index in [0.29, 0.717) is 5.88 Å². The summed E-state index contributed by atoms with van der Waals surface area (Å²) in [7, 11) is 0. The van der Waals surface area contributed by atoms with Gasteiger partial charge in [0.15, 0.2) is 0 Å². The van der Waals surface area contributed by atoms with Gasteiger partial charge in [0.25, 0.3) is 0 Å². The van der Waals surface area contributed by atoms with Gasteiger partial charge in [-0.2, -0.15) is 0 Å². The normalized spacial score (nSPS) is 10.1. The molecule has 0 radical (unpaired) electrons. The van der Waals surface area contributed by atoms with Gasteiger partial charge >= 0.3 is 0 Å². The van der Waals surface area contributed by atoms with E-state index in [0.717, 1.165) is 36.4 Å². The molecule has 0 aliphatic heterocycles. The molecule has 3 nitrogen and oxygen atoms in total. The molecule has 0 saturated heterocycles. The molecule has 1 aromatic carbocycles. The number of pyridine rings is 1. The summed E-state index contributed by atoms with van der Waals surface area (Å²) in [6.07, 6.45) is 4.00. The summed E-state index contributed by atoms with van der Waals surface area (Å²) in [5.74, 6) is 1.35. The molecule has 20 heavy (non-hydrogen) atoms. The Morgan fingerprint density at radius 3 is 2.75 bits per heavy atom. The van der Waals surface area contributed by atoms with Crippen LogP contribution in [-0.2, 0) is 0 Å². The minimum atomic E-state index is 0.577. The molecule has 1 aromatic heterocycles. The zero-order valence-electron chi connectivity index (χ0n) is 11.8. The summed E-state index contributed by atoms with van der Waals surface area (Å²) in [6, 6.07) is 13.5. The minimum absolute atomic E-state index is 0.577. The lowest BCUT2D eigenvalue weighted by Gasteiger charge is -2.13. The topological polar surface area (TPSA) is 34.2 Å². The van der Waals surface area contributed by atoms with Crippen LogP contribution in [0.4, 0.5) is 0 Å². The first kappa shape index (κ1) is 14.1. The van der Waals surface area contributed by atoms with E-state index in [1.165, 1.54) is 0 Å². The number of nitrogens with zero attached hydrogens (tertiary/aromatic N) is 1. The summed E-state index contributed by atoms with van der Waals surface area (Å²) < 4.78 is 5.82. The van der Waals surface area contributed by atoms with E-state index in [2.05, 4.69) is 23.8 Å². The van der Waals surface area contributed by atoms with Crippen LogP contribution in [0.5, 0.6) is 11.6 Å². The van der Waals surface area contributed by atoms with Crippen molar-refractivity contribution in [3.63, 3.8) is 0 Å². The van der Waals surface area contributed by atoms with E-state index in [9.17, 15) is 0 Å². The Bertz CT molecular complexity index is 552. The number of hydrogen-bond donors (Lipinski definition) is 1. The van der Waals surface area contributed by atoms with Gasteiger partial charge in [0.1, 0.15) is 5.75 Å². The number of hydrogen-bond acceptors (Lipinski definition) is 3. The van der Waals surface area contributed by atoms with Crippen LogP contribution in [0.1, 0.15) is 25.3 Å². The van der Waals surface area contributed by atoms with Gasteiger partial charge in [-0.3, -0.25) is 0 Å². The number of rotatable bonds is 7. The van der Waals surface area contributed by atoms with Crippen LogP contribution in [0, 0.1) is 0 Å². The zero-order valence-corrected chi connectivity index (χ0v) is 11.8. The standard InChI is InChI=1S/C17H20N2O/c1-3-4-12-18-14(2)16-11-8-13-19-17(16)20-15-9-6-5-7-10-15/h5-11,13,18H,2-4,12H2,1H3. The second-order valence-corrected chi connectivity index (χ2v) is 4.53. The average Bonchev–Trinajstić information content (AvgIpc) is 2.49. The van der Waals surface area contributed by atoms with Crippen molar-refractivity contribution in [1.29, 1.82) is 0 Å². The van der Waals surface area contributed by atoms with Crippen LogP contribution in [0.2, 0.25) is 0 Å². The van der Waals surface area contributed by atoms with Gasteiger partial charge in [0, 0.05) is 18.4 Å². The van der Waals surface area contributed by atoms with Gasteiger partial charge < -0.3 is 10.1 Å². The molecule has 0 unspecified atom stereocenters. The first-order valence-electron chi connectivity index (χ1n) is 6.92. The fraction of sp³-hybridized carbons (Fsp3) is 0.235. The first-order chi connectivity index (χ1) is 9.81. The molecule has 0 fully saturated rings. The van der Waals surface area contributed by atoms with E-state index in [1.807, 2.05) is 42.5 Å². The van der Waals surface area contributed by atoms with Crippen LogP contribution >= 0.6 is 0 Å². The van der Waals surface area contributed by atoms with Crippen molar-refractivity contribution in [1.82, 2.24) is 10.3 Å². The van der Waals surface area contributed by atoms with Crippen LogP contribution < -0.4 is 10.1 Å². The lowest BCUT2D eigenvalue weighted by Crippen LogP contribution is -2.13. The fourth-order valence-corrected chi connectivity index (χ4v) is 1.81. The zero-order chi connectivity index (χ0) is 14.2. The van der Waals surface area contributed by atoms with Crippen molar-refractivity contribution < 1.29 is 4.74 Å². The second-order valence-electron chi connectivity index (χ2n) is 4.53. The highest BCUT2D eigenvalue weighted by atomic mass is 16.5. The third kappa shape index (κ3) is 3.85. The Balaban J connectivity index is 2.11. The summed E-state index contributed by atoms with van der Waals surface area (Å²) >= 11 is 0. The molecule has 0 aliphatic carbocycles. The van der Waals surface area contributed by atoms with Crippen molar-refractivity contribution in [2.24, 2.45) is 0 Å². The van der Waals surface area contributed by atoms with Gasteiger partial charge in [0.05, 0.1) is 5.56 Å². The third-order valence-electron chi connectivity index (χ3n) is 2.92. The minimum Gasteiger partial charge on any atom is -0.438 e. The summed E-state index contributed by atoms with van der Waals surface area (Å²) in [5, 5.41) is 3.31. The lowest BCUT2D eigenvalue weighted by atomic mass is 10.2. The van der Waals surface area contributed by atoms with Crippen molar-refractivity contribution in [2.45, 2.75) is 19.8 Å². The number of para-hydroxylation sites is 1. The molecule has 3 heteroatoms. The third-order valence-corrected chi connectivity index (χ3v) is 2.92. The van der Waals surface area contributed by atoms with Gasteiger partial charge in [-0.05, 0) is 30.7 Å². The molecule has 1 N–H and O–H groups in total. The van der Waals surface area contributed by atoms with Gasteiger partial charge in [-0.1, -0.05) is 38.1 Å². The molecular weight excluding hydrogens is 248 g/mol. The van der Waals surface area contributed by atoms with Gasteiger partial charge in [-0.15, -0.1) is 0 Å². The number of nitrogens with one attached hydrogen (secondary N) is 1. The van der Waals surface area contributed by atoms with Crippen molar-refractivity contribution >= 4 is 5.70 Å². The van der Waals surface area contributed by atoms with Gasteiger partial charge in [0.2, 0.25) is 5.88 Å². The highest BCUT2D eigenvalue weighted by Gasteiger charge is 2.08. The molecule has 2 rings (SSSR count). The van der Waals surface area contributed by atoms with E-state index in [1.54, 1.807) is 6.20 Å². The Morgan fingerprint density at radius 1 is 1.20 bits per heavy atom. The maximum atomic E-state index is 5.82. The SMILES string of the molecule is C=C(NCCCC)c1cccnc1Oc1ccccc1. The Morgan fingerprint density at radius 2 is 2.00 bits per heavy atom. The lowest BCUT2D eigenvalue weighted by molar-refractivity contribution is 0.461. The van der Waals surface area contributed by atoms with Crippen molar-refractivity contribution in [2.75, 3.05) is 6.54 Å². The number of aromatic nitrogens is 1. The molecule has 0 spiro atoms. The molecule has 1 heterocycles. The van der Waals surface area contributed by atoms with Crippen LogP contribution in [0.25, 0.3) is 5.70 Å². The van der Waals surface area contributed by atoms with Crippen molar-refractivity contribution in [3.05, 3.63) is 60.8 Å². The summed E-state index contributed by atoms with van der Waals surface area (Å²) in [6.45, 7) is 7.14. The molecular formula is C17H20N2O. The molecule has 104 valence electrons. The maximum absolute atomic E-state index is 5.82. The Hall–Kier alpha value is -2.29. The number of ether oxygens (including phenoxy) is 1. The van der Waals surface area contributed by atoms with E-state index < -0.39 is 0 Å². The first-order valence-corrected chi connectivity index (χ1v) is 6.92. The second kappa shape index (κ2) is 7.34. The van der Waals surface area contributed by atoms with E-state index in [4.69, 9.17) is 4.74 Å². The fourth-order valence-electron chi connectivity index (χ4n) is 1.81. The quantitative estimate of drug-likeness (QED) is 0.763. The predicted molar refractivity (Wildman–Crippen MR) is 82.7 cm³/mol. The molecule has 0 aliphatic rings. The largest absolute Gasteiger partial charge is 0.438 e. The molecule has 0 saturated carbocycles. The average molecular weight is 268 g/mol. The van der Waals surface area contributed by atoms with E-state index in [-0.39, 0.29) is 0 Å². The van der Waals surface area contributed by atoms with Crippen LogP contribution in [0.15, 0.2) is 55.2 Å². The van der Waals surface area contributed by atoms with Gasteiger partial charge in [-0.25, -0.2) is 4.98 Å². The summed E-state index contributed by atoms with van der Waals surface area (Å²) in [5.41, 5.74) is 1.74. The van der Waals surface area contributed by atoms with Crippen LogP contribution in [-0.4, -0.2) is 11.5 Å². The monoisotopic (exact) mass is 268 g/mol. The predicted octanol–water partition coefficient (Wildman–Crippen LogP) is 4.23. The highest BCUT2D eigenvalue weighted by Crippen LogP contribution is 2.25. The van der Waals surface area contributed by atoms with Crippen LogP contribution in [0.3, 0.4) is 0 Å². The smallest absolute Gasteiger partial charge is 0.228 e. The number of benzene rings is 1. The highest BCUT2D eigenvalue weighted by molar-refractivity contribution is 5.65. The Labute approximate surface area is 120 Å². The molecule has 0 bridgehead atoms. The van der Waals surface area contributed by atoms with Crippen molar-refractivity contribution in [3.8, 4) is 11.6 Å². The molecule has 0 atom stereocenters. The maximum Gasteiger partial charge on any atom is 0.228 e. The molecule has 2 aromatic rings. The Kier molecular flexibility index (Phi) is 5.18. The number of unbranched alkanes of at least 4 members (excludes halogenated alkanes) is 1. The summed E-state index contributed by atoms with van der Waals surface area (Å²) in [4.78, 5) is 4.30. The molecule has 0 amide bonds. The van der Waals surface area contributed by atoms with E-state index >= 15 is 0 Å².